The molecular formula is C8H10BF3KN3. The molecule has 1 fully saturated rings. The van der Waals surface area contributed by atoms with Crippen molar-refractivity contribution in [2.24, 2.45) is 5.73 Å². The summed E-state index contributed by atoms with van der Waals surface area (Å²) in [5.74, 6) is 0.445. The van der Waals surface area contributed by atoms with E-state index in [1.165, 1.54) is 12.4 Å². The van der Waals surface area contributed by atoms with Crippen LogP contribution in [0.15, 0.2) is 12.4 Å². The smallest absolute Gasteiger partial charge is 0.449 e. The van der Waals surface area contributed by atoms with Crippen LogP contribution in [-0.4, -0.2) is 16.9 Å². The Morgan fingerprint density at radius 1 is 1.25 bits per heavy atom. The van der Waals surface area contributed by atoms with Crippen LogP contribution >= 0.6 is 0 Å². The van der Waals surface area contributed by atoms with E-state index in [2.05, 4.69) is 9.97 Å². The first-order valence-corrected chi connectivity index (χ1v) is 4.70. The Hall–Kier alpha value is 0.531. The monoisotopic (exact) mass is 255 g/mol. The van der Waals surface area contributed by atoms with Crippen molar-refractivity contribution in [3.63, 3.8) is 0 Å². The van der Waals surface area contributed by atoms with Crippen molar-refractivity contribution < 1.29 is 64.3 Å². The summed E-state index contributed by atoms with van der Waals surface area (Å²) in [4.78, 5) is 7.74. The molecule has 0 bridgehead atoms. The molecule has 16 heavy (non-hydrogen) atoms. The van der Waals surface area contributed by atoms with E-state index < -0.39 is 18.8 Å². The predicted octanol–water partition coefficient (Wildman–Crippen LogP) is -1.64. The van der Waals surface area contributed by atoms with Gasteiger partial charge in [-0.2, -0.15) is 0 Å². The van der Waals surface area contributed by atoms with E-state index in [1.54, 1.807) is 0 Å². The summed E-state index contributed by atoms with van der Waals surface area (Å²) < 4.78 is 36.2. The SMILES string of the molecule is NC1(c2ncc(C[B-](F)(F)F)cn2)CC1.[K+]. The molecule has 0 radical (unpaired) electrons. The summed E-state index contributed by atoms with van der Waals surface area (Å²) in [5, 5.41) is 0. The Labute approximate surface area is 134 Å². The largest absolute Gasteiger partial charge is 1.00 e. The van der Waals surface area contributed by atoms with Crippen LogP contribution in [0.1, 0.15) is 24.2 Å². The summed E-state index contributed by atoms with van der Waals surface area (Å²) in [6, 6.07) is 0. The fraction of sp³-hybridized carbons (Fsp3) is 0.500. The molecule has 0 aromatic carbocycles. The summed E-state index contributed by atoms with van der Waals surface area (Å²) in [7, 11) is 0. The van der Waals surface area contributed by atoms with Crippen LogP contribution in [0.4, 0.5) is 12.9 Å². The molecule has 3 nitrogen and oxygen atoms in total. The topological polar surface area (TPSA) is 51.8 Å². The van der Waals surface area contributed by atoms with E-state index in [0.29, 0.717) is 5.82 Å². The zero-order valence-corrected chi connectivity index (χ0v) is 12.1. The molecule has 2 N–H and O–H groups in total. The van der Waals surface area contributed by atoms with Gasteiger partial charge < -0.3 is 18.7 Å². The molecule has 1 saturated carbocycles. The summed E-state index contributed by atoms with van der Waals surface area (Å²) >= 11 is 0. The molecule has 0 aliphatic heterocycles. The van der Waals surface area contributed by atoms with E-state index in [-0.39, 0.29) is 56.9 Å². The first kappa shape index (κ1) is 14.6. The Bertz CT molecular complexity index is 364. The van der Waals surface area contributed by atoms with Crippen LogP contribution < -0.4 is 57.1 Å². The Balaban J connectivity index is 0.00000128. The number of aromatic nitrogens is 2. The molecule has 0 saturated heterocycles. The third kappa shape index (κ3) is 3.78. The molecule has 1 aliphatic rings. The molecule has 82 valence electrons. The van der Waals surface area contributed by atoms with Gasteiger partial charge in [0.15, 0.2) is 0 Å². The van der Waals surface area contributed by atoms with Crippen LogP contribution in [0, 0.1) is 0 Å². The fourth-order valence-electron chi connectivity index (χ4n) is 1.34. The summed E-state index contributed by atoms with van der Waals surface area (Å²) in [5.41, 5.74) is 5.41. The number of nitrogens with two attached hydrogens (primary N) is 1. The van der Waals surface area contributed by atoms with Crippen molar-refractivity contribution in [3.8, 4) is 0 Å². The second-order valence-corrected chi connectivity index (χ2v) is 3.99. The van der Waals surface area contributed by atoms with Crippen LogP contribution in [0.25, 0.3) is 0 Å². The van der Waals surface area contributed by atoms with Crippen molar-refractivity contribution in [1.29, 1.82) is 0 Å². The van der Waals surface area contributed by atoms with Gasteiger partial charge >= 0.3 is 58.4 Å². The Morgan fingerprint density at radius 3 is 2.12 bits per heavy atom. The van der Waals surface area contributed by atoms with Gasteiger partial charge in [0.05, 0.1) is 5.54 Å². The van der Waals surface area contributed by atoms with Gasteiger partial charge in [0.25, 0.3) is 0 Å². The standard InChI is InChI=1S/C8H10BF3N3.K/c10-9(11,12)3-6-4-14-7(15-5-6)8(13)1-2-8;/h4-5H,1-3,13H2;/q-1;+1. The molecule has 1 heterocycles. The van der Waals surface area contributed by atoms with Crippen molar-refractivity contribution in [3.05, 3.63) is 23.8 Å². The average Bonchev–Trinajstić information content (AvgIpc) is 2.83. The van der Waals surface area contributed by atoms with Crippen molar-refractivity contribution in [2.45, 2.75) is 24.7 Å². The molecule has 1 aromatic heterocycles. The van der Waals surface area contributed by atoms with Gasteiger partial charge in [0, 0.05) is 12.4 Å². The van der Waals surface area contributed by atoms with E-state index >= 15 is 0 Å². The zero-order chi connectivity index (χ0) is 11.1. The van der Waals surface area contributed by atoms with Crippen LogP contribution in [0.3, 0.4) is 0 Å². The number of halogens is 3. The van der Waals surface area contributed by atoms with Crippen molar-refractivity contribution in [2.75, 3.05) is 0 Å². The van der Waals surface area contributed by atoms with Crippen molar-refractivity contribution in [1.82, 2.24) is 9.97 Å². The minimum atomic E-state index is -4.82. The fourth-order valence-corrected chi connectivity index (χ4v) is 1.34. The van der Waals surface area contributed by atoms with E-state index in [0.717, 1.165) is 12.8 Å². The van der Waals surface area contributed by atoms with Gasteiger partial charge in [-0.05, 0) is 18.4 Å². The average molecular weight is 255 g/mol. The number of hydrogen-bond donors (Lipinski definition) is 1. The molecular weight excluding hydrogens is 245 g/mol. The van der Waals surface area contributed by atoms with Gasteiger partial charge in [0.1, 0.15) is 5.82 Å². The summed E-state index contributed by atoms with van der Waals surface area (Å²) in [6.07, 6.45) is 3.10. The third-order valence-electron chi connectivity index (χ3n) is 2.41. The first-order valence-electron chi connectivity index (χ1n) is 4.70. The maximum absolute atomic E-state index is 12.1. The molecule has 8 heteroatoms. The van der Waals surface area contributed by atoms with E-state index in [9.17, 15) is 12.9 Å². The number of rotatable bonds is 3. The Morgan fingerprint density at radius 2 is 1.75 bits per heavy atom. The molecule has 0 atom stereocenters. The summed E-state index contributed by atoms with van der Waals surface area (Å²) in [6.45, 7) is -4.82. The maximum atomic E-state index is 12.1. The minimum absolute atomic E-state index is 0. The Kier molecular flexibility index (Phi) is 4.59. The molecule has 2 rings (SSSR count). The third-order valence-corrected chi connectivity index (χ3v) is 2.41. The van der Waals surface area contributed by atoms with Gasteiger partial charge in [0.2, 0.25) is 0 Å². The molecule has 0 spiro atoms. The maximum Gasteiger partial charge on any atom is 1.00 e. The minimum Gasteiger partial charge on any atom is -0.449 e. The van der Waals surface area contributed by atoms with Crippen LogP contribution in [-0.2, 0) is 11.9 Å². The number of hydrogen-bond acceptors (Lipinski definition) is 3. The zero-order valence-electron chi connectivity index (χ0n) is 8.96. The van der Waals surface area contributed by atoms with Crippen LogP contribution in [0.5, 0.6) is 0 Å². The van der Waals surface area contributed by atoms with Gasteiger partial charge in [-0.1, -0.05) is 6.32 Å². The normalized spacial score (nSPS) is 17.8. The molecule has 0 unspecified atom stereocenters. The first-order chi connectivity index (χ1) is 6.89. The van der Waals surface area contributed by atoms with Gasteiger partial charge in [-0.25, -0.2) is 9.97 Å². The van der Waals surface area contributed by atoms with Gasteiger partial charge in [-0.3, -0.25) is 0 Å². The van der Waals surface area contributed by atoms with E-state index in [1.807, 2.05) is 0 Å². The second kappa shape index (κ2) is 5.03. The van der Waals surface area contributed by atoms with E-state index in [4.69, 9.17) is 5.73 Å². The van der Waals surface area contributed by atoms with Gasteiger partial charge in [-0.15, -0.1) is 0 Å². The van der Waals surface area contributed by atoms with Crippen molar-refractivity contribution >= 4 is 6.98 Å². The van der Waals surface area contributed by atoms with Crippen LogP contribution in [0.2, 0.25) is 0 Å². The molecule has 0 amide bonds. The predicted molar refractivity (Wildman–Crippen MR) is 49.9 cm³/mol. The molecule has 1 aromatic rings. The quantitative estimate of drug-likeness (QED) is 0.659. The second-order valence-electron chi connectivity index (χ2n) is 3.99. The number of nitrogens with zero attached hydrogens (tertiary/aromatic N) is 2. The molecule has 1 aliphatic carbocycles.